The summed E-state index contributed by atoms with van der Waals surface area (Å²) >= 11 is 5.75. The van der Waals surface area contributed by atoms with Crippen molar-refractivity contribution in [2.75, 3.05) is 17.6 Å². The maximum absolute atomic E-state index is 9.96. The molecule has 0 radical (unpaired) electrons. The van der Waals surface area contributed by atoms with Crippen molar-refractivity contribution in [3.63, 3.8) is 0 Å². The molecule has 1 unspecified atom stereocenters. The van der Waals surface area contributed by atoms with Crippen LogP contribution in [0.15, 0.2) is 6.33 Å². The topological polar surface area (TPSA) is 84.1 Å². The van der Waals surface area contributed by atoms with Crippen LogP contribution in [0.3, 0.4) is 0 Å². The number of nitrogens with two attached hydrogens (primary N) is 1. The van der Waals surface area contributed by atoms with Gasteiger partial charge in [-0.1, -0.05) is 24.9 Å². The number of rotatable bonds is 5. The number of aromatic nitrogens is 2. The molecular weight excluding hydrogens is 228 g/mol. The largest absolute Gasteiger partial charge is 0.393 e. The first-order valence-electron chi connectivity index (χ1n) is 5.18. The second-order valence-electron chi connectivity index (χ2n) is 4.03. The molecule has 4 N–H and O–H groups in total. The molecule has 0 aliphatic heterocycles. The van der Waals surface area contributed by atoms with E-state index in [0.29, 0.717) is 24.5 Å². The lowest BCUT2D eigenvalue weighted by atomic mass is 10.0. The highest BCUT2D eigenvalue weighted by molar-refractivity contribution is 6.32. The average molecular weight is 245 g/mol. The van der Waals surface area contributed by atoms with E-state index >= 15 is 0 Å². The quantitative estimate of drug-likeness (QED) is 0.687. The molecular formula is C10H17ClN4O. The highest BCUT2D eigenvalue weighted by atomic mass is 35.5. The van der Waals surface area contributed by atoms with Gasteiger partial charge < -0.3 is 16.2 Å². The van der Waals surface area contributed by atoms with Crippen LogP contribution in [0.2, 0.25) is 5.15 Å². The number of nitrogens with one attached hydrogen (secondary N) is 1. The zero-order valence-electron chi connectivity index (χ0n) is 9.50. The zero-order valence-corrected chi connectivity index (χ0v) is 10.3. The fourth-order valence-electron chi connectivity index (χ4n) is 1.42. The van der Waals surface area contributed by atoms with Crippen molar-refractivity contribution in [2.45, 2.75) is 32.3 Å². The Labute approximate surface area is 100 Å². The predicted molar refractivity (Wildman–Crippen MR) is 65.5 cm³/mol. The van der Waals surface area contributed by atoms with Gasteiger partial charge in [-0.2, -0.15) is 0 Å². The summed E-state index contributed by atoms with van der Waals surface area (Å²) in [6, 6.07) is 0. The highest BCUT2D eigenvalue weighted by Gasteiger charge is 2.19. The van der Waals surface area contributed by atoms with E-state index in [1.807, 2.05) is 6.92 Å². The minimum atomic E-state index is -0.779. The molecule has 0 fully saturated rings. The summed E-state index contributed by atoms with van der Waals surface area (Å²) in [7, 11) is 0. The molecule has 0 aliphatic carbocycles. The Hall–Kier alpha value is -1.07. The van der Waals surface area contributed by atoms with Crippen molar-refractivity contribution in [2.24, 2.45) is 0 Å². The SMILES string of the molecule is CCCC(C)(O)CNc1ncnc(Cl)c1N. The van der Waals surface area contributed by atoms with Crippen LogP contribution in [0.1, 0.15) is 26.7 Å². The molecule has 1 atom stereocenters. The second-order valence-corrected chi connectivity index (χ2v) is 4.39. The number of nitrogens with zero attached hydrogens (tertiary/aromatic N) is 2. The smallest absolute Gasteiger partial charge is 0.157 e. The van der Waals surface area contributed by atoms with Crippen LogP contribution in [-0.2, 0) is 0 Å². The Balaban J connectivity index is 2.64. The van der Waals surface area contributed by atoms with Crippen molar-refractivity contribution < 1.29 is 5.11 Å². The third-order valence-corrected chi connectivity index (χ3v) is 2.56. The third kappa shape index (κ3) is 3.50. The highest BCUT2D eigenvalue weighted by Crippen LogP contribution is 2.23. The number of aliphatic hydroxyl groups is 1. The summed E-state index contributed by atoms with van der Waals surface area (Å²) in [5.74, 6) is 0.455. The molecule has 1 aromatic heterocycles. The van der Waals surface area contributed by atoms with E-state index in [0.717, 1.165) is 6.42 Å². The lowest BCUT2D eigenvalue weighted by molar-refractivity contribution is 0.0636. The van der Waals surface area contributed by atoms with Crippen LogP contribution in [0.25, 0.3) is 0 Å². The first kappa shape index (κ1) is 13.0. The molecule has 0 spiro atoms. The van der Waals surface area contributed by atoms with Crippen molar-refractivity contribution in [1.29, 1.82) is 0 Å². The molecule has 0 bridgehead atoms. The molecule has 5 nitrogen and oxygen atoms in total. The van der Waals surface area contributed by atoms with Gasteiger partial charge in [0.25, 0.3) is 0 Å². The summed E-state index contributed by atoms with van der Waals surface area (Å²) in [6.07, 6.45) is 2.95. The minimum absolute atomic E-state index is 0.215. The number of nitrogen functional groups attached to an aromatic ring is 1. The Kier molecular flexibility index (Phi) is 4.32. The summed E-state index contributed by atoms with van der Waals surface area (Å²) < 4.78 is 0. The van der Waals surface area contributed by atoms with E-state index in [1.54, 1.807) is 6.92 Å². The van der Waals surface area contributed by atoms with Gasteiger partial charge in [0.05, 0.1) is 5.60 Å². The normalized spacial score (nSPS) is 14.5. The van der Waals surface area contributed by atoms with Gasteiger partial charge in [0, 0.05) is 6.54 Å². The van der Waals surface area contributed by atoms with E-state index in [4.69, 9.17) is 17.3 Å². The predicted octanol–water partition coefficient (Wildman–Crippen LogP) is 1.68. The van der Waals surface area contributed by atoms with E-state index in [1.165, 1.54) is 6.33 Å². The van der Waals surface area contributed by atoms with E-state index in [9.17, 15) is 5.11 Å². The van der Waals surface area contributed by atoms with Crippen LogP contribution in [0.4, 0.5) is 11.5 Å². The van der Waals surface area contributed by atoms with Crippen molar-refractivity contribution in [1.82, 2.24) is 9.97 Å². The lowest BCUT2D eigenvalue weighted by Gasteiger charge is -2.23. The van der Waals surface area contributed by atoms with Crippen LogP contribution >= 0.6 is 11.6 Å². The molecule has 16 heavy (non-hydrogen) atoms. The Morgan fingerprint density at radius 1 is 1.56 bits per heavy atom. The molecule has 1 rings (SSSR count). The van der Waals surface area contributed by atoms with E-state index in [2.05, 4.69) is 15.3 Å². The van der Waals surface area contributed by atoms with Crippen molar-refractivity contribution >= 4 is 23.1 Å². The molecule has 0 saturated carbocycles. The Morgan fingerprint density at radius 2 is 2.25 bits per heavy atom. The fourth-order valence-corrected chi connectivity index (χ4v) is 1.55. The number of anilines is 2. The minimum Gasteiger partial charge on any atom is -0.393 e. The summed E-state index contributed by atoms with van der Waals surface area (Å²) in [6.45, 7) is 4.16. The van der Waals surface area contributed by atoms with Gasteiger partial charge in [-0.15, -0.1) is 0 Å². The van der Waals surface area contributed by atoms with Gasteiger partial charge in [-0.3, -0.25) is 0 Å². The molecule has 90 valence electrons. The molecule has 1 heterocycles. The van der Waals surface area contributed by atoms with Gasteiger partial charge in [0.15, 0.2) is 11.0 Å². The fraction of sp³-hybridized carbons (Fsp3) is 0.600. The maximum Gasteiger partial charge on any atom is 0.157 e. The maximum atomic E-state index is 9.96. The van der Waals surface area contributed by atoms with Gasteiger partial charge >= 0.3 is 0 Å². The lowest BCUT2D eigenvalue weighted by Crippen LogP contribution is -2.33. The number of hydrogen-bond acceptors (Lipinski definition) is 5. The van der Waals surface area contributed by atoms with Gasteiger partial charge in [-0.25, -0.2) is 9.97 Å². The Bertz CT molecular complexity index is 357. The third-order valence-electron chi connectivity index (χ3n) is 2.26. The number of hydrogen-bond donors (Lipinski definition) is 3. The van der Waals surface area contributed by atoms with Gasteiger partial charge in [0.2, 0.25) is 0 Å². The van der Waals surface area contributed by atoms with Crippen LogP contribution in [0, 0.1) is 0 Å². The summed E-state index contributed by atoms with van der Waals surface area (Å²) in [5, 5.41) is 13.1. The summed E-state index contributed by atoms with van der Waals surface area (Å²) in [5.41, 5.74) is 5.21. The van der Waals surface area contributed by atoms with Crippen LogP contribution in [-0.4, -0.2) is 27.2 Å². The van der Waals surface area contributed by atoms with Crippen LogP contribution < -0.4 is 11.1 Å². The second kappa shape index (κ2) is 5.32. The first-order valence-corrected chi connectivity index (χ1v) is 5.56. The van der Waals surface area contributed by atoms with Crippen molar-refractivity contribution in [3.05, 3.63) is 11.5 Å². The molecule has 0 amide bonds. The Morgan fingerprint density at radius 3 is 2.88 bits per heavy atom. The standard InChI is InChI=1S/C10H17ClN4O/c1-3-4-10(2,16)5-13-9-7(12)8(11)14-6-15-9/h6,16H,3-5,12H2,1-2H3,(H,13,14,15). The molecule has 1 aromatic rings. The zero-order chi connectivity index (χ0) is 12.2. The van der Waals surface area contributed by atoms with Crippen LogP contribution in [0.5, 0.6) is 0 Å². The van der Waals surface area contributed by atoms with E-state index in [-0.39, 0.29) is 5.15 Å². The molecule has 0 aromatic carbocycles. The van der Waals surface area contributed by atoms with Gasteiger partial charge in [0.1, 0.15) is 12.0 Å². The monoisotopic (exact) mass is 244 g/mol. The molecule has 0 saturated heterocycles. The first-order chi connectivity index (χ1) is 7.46. The van der Waals surface area contributed by atoms with Crippen molar-refractivity contribution in [3.8, 4) is 0 Å². The van der Waals surface area contributed by atoms with E-state index < -0.39 is 5.60 Å². The number of halogens is 1. The molecule has 6 heteroatoms. The van der Waals surface area contributed by atoms with Gasteiger partial charge in [-0.05, 0) is 13.3 Å². The summed E-state index contributed by atoms with van der Waals surface area (Å²) in [4.78, 5) is 7.71. The average Bonchev–Trinajstić information content (AvgIpc) is 2.20. The molecule has 0 aliphatic rings.